The van der Waals surface area contributed by atoms with Crippen LogP contribution in [-0.4, -0.2) is 15.1 Å². The molecule has 5 heteroatoms. The van der Waals surface area contributed by atoms with Crippen molar-refractivity contribution < 1.29 is 9.18 Å². The molecule has 2 aromatic carbocycles. The molecule has 0 radical (unpaired) electrons. The fourth-order valence-electron chi connectivity index (χ4n) is 4.03. The second kappa shape index (κ2) is 7.70. The number of ketones is 1. The fraction of sp³-hybridized carbons (Fsp3) is 0.333. The first-order chi connectivity index (χ1) is 13.8. The number of alkyl halides is 2. The zero-order valence-corrected chi connectivity index (χ0v) is 17.7. The summed E-state index contributed by atoms with van der Waals surface area (Å²) < 4.78 is 13.2. The van der Waals surface area contributed by atoms with E-state index in [1.54, 1.807) is 12.3 Å². The lowest BCUT2D eigenvalue weighted by molar-refractivity contribution is -0.127. The molecule has 2 nitrogen and oxygen atoms in total. The second-order valence-corrected chi connectivity index (χ2v) is 9.89. The van der Waals surface area contributed by atoms with Gasteiger partial charge in [0.05, 0.1) is 0 Å². The molecular formula is C24H22Cl2FNO. The van der Waals surface area contributed by atoms with Crippen LogP contribution in [-0.2, 0) is 17.6 Å². The normalized spacial score (nSPS) is 19.7. The number of nitrogens with zero attached hydrogens (tertiary/aromatic N) is 1. The largest absolute Gasteiger partial charge is 0.299 e. The third-order valence-electron chi connectivity index (χ3n) is 5.85. The maximum absolute atomic E-state index is 13.9. The summed E-state index contributed by atoms with van der Waals surface area (Å²) in [5, 5.41) is 0.697. The number of para-hydroxylation sites is 1. The number of rotatable bonds is 7. The number of Topliss-reactive ketones (excluding diaryl/α,β-unsaturated/α-hetero) is 1. The Hall–Kier alpha value is -1.97. The number of aromatic nitrogens is 1. The van der Waals surface area contributed by atoms with Crippen molar-refractivity contribution in [1.29, 1.82) is 0 Å². The average Bonchev–Trinajstić information content (AvgIpc) is 3.27. The number of hydrogen-bond acceptors (Lipinski definition) is 2. The van der Waals surface area contributed by atoms with E-state index >= 15 is 0 Å². The lowest BCUT2D eigenvalue weighted by Gasteiger charge is -2.29. The van der Waals surface area contributed by atoms with Crippen LogP contribution in [0.1, 0.15) is 30.9 Å². The summed E-state index contributed by atoms with van der Waals surface area (Å²) in [4.78, 5) is 17.7. The average molecular weight is 430 g/mol. The van der Waals surface area contributed by atoms with Gasteiger partial charge in [-0.15, -0.1) is 23.2 Å². The Morgan fingerprint density at radius 2 is 1.90 bits per heavy atom. The lowest BCUT2D eigenvalue weighted by atomic mass is 9.74. The monoisotopic (exact) mass is 429 g/mol. The molecular weight excluding hydrogens is 408 g/mol. The van der Waals surface area contributed by atoms with Crippen molar-refractivity contribution in [3.8, 4) is 0 Å². The van der Waals surface area contributed by atoms with Crippen LogP contribution in [0.4, 0.5) is 4.39 Å². The van der Waals surface area contributed by atoms with E-state index in [2.05, 4.69) is 4.98 Å². The number of fused-ring (bicyclic) bond motifs is 1. The summed E-state index contributed by atoms with van der Waals surface area (Å²) >= 11 is 12.5. The molecule has 0 aliphatic heterocycles. The Kier molecular flexibility index (Phi) is 5.39. The maximum Gasteiger partial charge on any atom is 0.149 e. The molecule has 0 amide bonds. The fourth-order valence-corrected chi connectivity index (χ4v) is 4.56. The molecule has 4 rings (SSSR count). The molecule has 0 spiro atoms. The van der Waals surface area contributed by atoms with Crippen LogP contribution in [0.5, 0.6) is 0 Å². The standard InChI is InChI=1S/C24H22Cl2FNO/c1-23(13-19-14-24(19,25)26,12-16-6-3-2-4-7-16)21(29)11-17-10-18-8-5-9-20(27)22(18)28-15-17/h2-10,15,19H,11-14H2,1H3. The number of carbonyl (C=O) groups is 1. The van der Waals surface area contributed by atoms with E-state index < -0.39 is 9.75 Å². The molecule has 0 saturated heterocycles. The third kappa shape index (κ3) is 4.46. The van der Waals surface area contributed by atoms with Crippen LogP contribution in [0, 0.1) is 17.2 Å². The van der Waals surface area contributed by atoms with Gasteiger partial charge in [0.15, 0.2) is 0 Å². The number of hydrogen-bond donors (Lipinski definition) is 0. The van der Waals surface area contributed by atoms with Crippen molar-refractivity contribution in [2.45, 2.75) is 36.9 Å². The Morgan fingerprint density at radius 3 is 2.59 bits per heavy atom. The molecule has 0 N–H and O–H groups in total. The van der Waals surface area contributed by atoms with Gasteiger partial charge in [0.2, 0.25) is 0 Å². The lowest BCUT2D eigenvalue weighted by Crippen LogP contribution is -2.33. The van der Waals surface area contributed by atoms with E-state index in [9.17, 15) is 9.18 Å². The molecule has 1 heterocycles. The molecule has 1 saturated carbocycles. The van der Waals surface area contributed by atoms with Crippen molar-refractivity contribution in [2.75, 3.05) is 0 Å². The third-order valence-corrected chi connectivity index (χ3v) is 6.77. The van der Waals surface area contributed by atoms with Gasteiger partial charge in [-0.25, -0.2) is 4.39 Å². The summed E-state index contributed by atoms with van der Waals surface area (Å²) in [6.07, 6.45) is 3.82. The van der Waals surface area contributed by atoms with E-state index in [0.29, 0.717) is 30.2 Å². The van der Waals surface area contributed by atoms with Crippen LogP contribution in [0.2, 0.25) is 0 Å². The van der Waals surface area contributed by atoms with Crippen molar-refractivity contribution in [2.24, 2.45) is 11.3 Å². The van der Waals surface area contributed by atoms with Crippen LogP contribution in [0.15, 0.2) is 60.8 Å². The van der Waals surface area contributed by atoms with Crippen LogP contribution in [0.3, 0.4) is 0 Å². The molecule has 1 aliphatic rings. The maximum atomic E-state index is 13.9. The zero-order valence-electron chi connectivity index (χ0n) is 16.2. The molecule has 1 aliphatic carbocycles. The van der Waals surface area contributed by atoms with E-state index in [-0.39, 0.29) is 23.9 Å². The molecule has 150 valence electrons. The highest BCUT2D eigenvalue weighted by molar-refractivity contribution is 6.50. The first-order valence-electron chi connectivity index (χ1n) is 9.75. The van der Waals surface area contributed by atoms with Crippen LogP contribution < -0.4 is 0 Å². The predicted molar refractivity (Wildman–Crippen MR) is 116 cm³/mol. The van der Waals surface area contributed by atoms with E-state index in [0.717, 1.165) is 11.1 Å². The minimum Gasteiger partial charge on any atom is -0.299 e. The number of pyridine rings is 1. The highest BCUT2D eigenvalue weighted by Gasteiger charge is 2.54. The van der Waals surface area contributed by atoms with E-state index in [1.165, 1.54) is 6.07 Å². The van der Waals surface area contributed by atoms with E-state index in [1.807, 2.05) is 49.4 Å². The smallest absolute Gasteiger partial charge is 0.149 e. The molecule has 0 bridgehead atoms. The predicted octanol–water partition coefficient (Wildman–Crippen LogP) is 6.32. The van der Waals surface area contributed by atoms with Gasteiger partial charge in [-0.05, 0) is 48.4 Å². The highest BCUT2D eigenvalue weighted by atomic mass is 35.5. The Balaban J connectivity index is 1.59. The quantitative estimate of drug-likeness (QED) is 0.411. The van der Waals surface area contributed by atoms with Gasteiger partial charge in [-0.3, -0.25) is 9.78 Å². The summed E-state index contributed by atoms with van der Waals surface area (Å²) in [5.74, 6) is -0.120. The number of halogens is 3. The molecule has 2 atom stereocenters. The molecule has 1 aromatic heterocycles. The number of benzene rings is 2. The van der Waals surface area contributed by atoms with Gasteiger partial charge in [0.1, 0.15) is 21.5 Å². The van der Waals surface area contributed by atoms with Crippen molar-refractivity contribution >= 4 is 39.9 Å². The molecule has 3 aromatic rings. The molecule has 29 heavy (non-hydrogen) atoms. The van der Waals surface area contributed by atoms with Crippen LogP contribution >= 0.6 is 23.2 Å². The minimum absolute atomic E-state index is 0.118. The number of carbonyl (C=O) groups excluding carboxylic acids is 1. The first kappa shape index (κ1) is 20.3. The van der Waals surface area contributed by atoms with Gasteiger partial charge in [0, 0.05) is 23.4 Å². The zero-order chi connectivity index (χ0) is 20.6. The van der Waals surface area contributed by atoms with Crippen molar-refractivity contribution in [3.63, 3.8) is 0 Å². The SMILES string of the molecule is CC(Cc1ccccc1)(CC1CC1(Cl)Cl)C(=O)Cc1cnc2c(F)cccc2c1. The first-order valence-corrected chi connectivity index (χ1v) is 10.5. The minimum atomic E-state index is -0.722. The van der Waals surface area contributed by atoms with Gasteiger partial charge < -0.3 is 0 Å². The van der Waals surface area contributed by atoms with Gasteiger partial charge >= 0.3 is 0 Å². The summed E-state index contributed by atoms with van der Waals surface area (Å²) in [6, 6.07) is 16.7. The summed E-state index contributed by atoms with van der Waals surface area (Å²) in [6.45, 7) is 2.00. The Labute approximate surface area is 180 Å². The second-order valence-electron chi connectivity index (χ2n) is 8.34. The van der Waals surface area contributed by atoms with Gasteiger partial charge in [-0.2, -0.15) is 0 Å². The Morgan fingerprint density at radius 1 is 1.17 bits per heavy atom. The van der Waals surface area contributed by atoms with Crippen molar-refractivity contribution in [3.05, 3.63) is 77.7 Å². The summed E-state index contributed by atoms with van der Waals surface area (Å²) in [5.41, 5.74) is 1.63. The van der Waals surface area contributed by atoms with Gasteiger partial charge in [-0.1, -0.05) is 49.4 Å². The Bertz CT molecular complexity index is 1050. The van der Waals surface area contributed by atoms with E-state index in [4.69, 9.17) is 23.2 Å². The van der Waals surface area contributed by atoms with Crippen molar-refractivity contribution in [1.82, 2.24) is 4.98 Å². The van der Waals surface area contributed by atoms with Crippen LogP contribution in [0.25, 0.3) is 10.9 Å². The molecule has 1 fully saturated rings. The molecule has 2 unspecified atom stereocenters. The summed E-state index contributed by atoms with van der Waals surface area (Å²) in [7, 11) is 0. The van der Waals surface area contributed by atoms with Gasteiger partial charge in [0.25, 0.3) is 0 Å². The highest BCUT2D eigenvalue weighted by Crippen LogP contribution is 2.58. The topological polar surface area (TPSA) is 30.0 Å².